The number of imidazole rings is 1. The number of esters is 1. The number of amides is 1. The van der Waals surface area contributed by atoms with Crippen molar-refractivity contribution in [2.75, 3.05) is 19.9 Å². The van der Waals surface area contributed by atoms with E-state index in [9.17, 15) is 14.0 Å². The molecule has 150 valence electrons. The number of benzene rings is 2. The Bertz CT molecular complexity index is 990. The van der Waals surface area contributed by atoms with Crippen LogP contribution in [0, 0.1) is 5.82 Å². The average molecular weight is 413 g/mol. The van der Waals surface area contributed by atoms with Gasteiger partial charge in [0.25, 0.3) is 5.91 Å². The Morgan fingerprint density at radius 2 is 1.83 bits per heavy atom. The van der Waals surface area contributed by atoms with Crippen LogP contribution in [-0.4, -0.2) is 46.2 Å². The van der Waals surface area contributed by atoms with Crippen LogP contribution in [0.1, 0.15) is 16.1 Å². The van der Waals surface area contributed by atoms with Gasteiger partial charge in [-0.05, 0) is 36.1 Å². The monoisotopic (exact) mass is 413 g/mol. The third kappa shape index (κ3) is 5.03. The number of thioether (sulfide) groups is 1. The number of aromatic nitrogens is 2. The molecule has 0 N–H and O–H groups in total. The molecule has 3 rings (SSSR count). The highest BCUT2D eigenvalue weighted by Gasteiger charge is 2.21. The molecule has 8 heteroatoms. The van der Waals surface area contributed by atoms with Crippen molar-refractivity contribution < 1.29 is 18.7 Å². The summed E-state index contributed by atoms with van der Waals surface area (Å²) in [6.45, 7) is 0.0344. The molecule has 2 aromatic carbocycles. The van der Waals surface area contributed by atoms with Gasteiger partial charge in [-0.25, -0.2) is 14.2 Å². The zero-order valence-electron chi connectivity index (χ0n) is 16.0. The Morgan fingerprint density at radius 3 is 2.48 bits per heavy atom. The second kappa shape index (κ2) is 9.38. The van der Waals surface area contributed by atoms with Crippen molar-refractivity contribution in [3.05, 3.63) is 77.9 Å². The Morgan fingerprint density at radius 1 is 1.14 bits per heavy atom. The molecule has 0 fully saturated rings. The fourth-order valence-corrected chi connectivity index (χ4v) is 3.26. The first-order valence-electron chi connectivity index (χ1n) is 8.82. The minimum atomic E-state index is -0.677. The summed E-state index contributed by atoms with van der Waals surface area (Å²) < 4.78 is 20.0. The number of carbonyl (C=O) groups is 2. The van der Waals surface area contributed by atoms with E-state index in [1.165, 1.54) is 35.0 Å². The molecule has 0 aliphatic carbocycles. The minimum absolute atomic E-state index is 0.166. The van der Waals surface area contributed by atoms with Crippen LogP contribution < -0.4 is 0 Å². The second-order valence-electron chi connectivity index (χ2n) is 6.25. The van der Waals surface area contributed by atoms with Gasteiger partial charge in [-0.15, -0.1) is 0 Å². The molecule has 0 spiro atoms. The fourth-order valence-electron chi connectivity index (χ4n) is 2.72. The fraction of sp³-hybridized carbons (Fsp3) is 0.190. The number of ether oxygens (including phenoxy) is 1. The molecule has 3 aromatic rings. The summed E-state index contributed by atoms with van der Waals surface area (Å²) >= 11 is 1.34. The van der Waals surface area contributed by atoms with Gasteiger partial charge in [-0.3, -0.25) is 9.36 Å². The number of nitrogens with zero attached hydrogens (tertiary/aromatic N) is 3. The van der Waals surface area contributed by atoms with Crippen LogP contribution in [0.4, 0.5) is 4.39 Å². The number of hydrogen-bond acceptors (Lipinski definition) is 5. The number of halogens is 1. The molecule has 0 saturated heterocycles. The first-order valence-corrected chi connectivity index (χ1v) is 10.0. The Kier molecular flexibility index (Phi) is 6.66. The maximum Gasteiger partial charge on any atom is 0.357 e. The van der Waals surface area contributed by atoms with Gasteiger partial charge in [0, 0.05) is 19.3 Å². The van der Waals surface area contributed by atoms with E-state index in [1.807, 2.05) is 36.6 Å². The summed E-state index contributed by atoms with van der Waals surface area (Å²) in [7, 11) is 1.65. The highest BCUT2D eigenvalue weighted by molar-refractivity contribution is 7.98. The van der Waals surface area contributed by atoms with Crippen LogP contribution in [0.3, 0.4) is 0 Å². The smallest absolute Gasteiger partial charge is 0.357 e. The van der Waals surface area contributed by atoms with Gasteiger partial charge in [0.1, 0.15) is 5.82 Å². The Balaban J connectivity index is 1.68. The van der Waals surface area contributed by atoms with Gasteiger partial charge in [0.05, 0.1) is 6.20 Å². The maximum atomic E-state index is 13.2. The molecule has 0 unspecified atom stereocenters. The van der Waals surface area contributed by atoms with E-state index in [1.54, 1.807) is 23.7 Å². The van der Waals surface area contributed by atoms with Crippen LogP contribution in [0.5, 0.6) is 0 Å². The Labute approximate surface area is 172 Å². The van der Waals surface area contributed by atoms with Crippen LogP contribution in [0.25, 0.3) is 5.69 Å². The lowest BCUT2D eigenvalue weighted by Gasteiger charge is -2.17. The van der Waals surface area contributed by atoms with E-state index < -0.39 is 5.97 Å². The number of likely N-dealkylation sites (N-methyl/N-ethyl adjacent to an activating group) is 1. The highest BCUT2D eigenvalue weighted by atomic mass is 32.2. The normalized spacial score (nSPS) is 10.6. The molecule has 29 heavy (non-hydrogen) atoms. The van der Waals surface area contributed by atoms with Crippen molar-refractivity contribution >= 4 is 23.6 Å². The summed E-state index contributed by atoms with van der Waals surface area (Å²) in [5, 5.41) is 0.552. The quantitative estimate of drug-likeness (QED) is 0.438. The predicted molar refractivity (Wildman–Crippen MR) is 109 cm³/mol. The van der Waals surface area contributed by atoms with Crippen LogP contribution >= 0.6 is 11.8 Å². The van der Waals surface area contributed by atoms with Crippen LogP contribution in [0.2, 0.25) is 0 Å². The van der Waals surface area contributed by atoms with Crippen molar-refractivity contribution in [2.45, 2.75) is 11.7 Å². The first kappa shape index (κ1) is 20.6. The van der Waals surface area contributed by atoms with Crippen LogP contribution in [0.15, 0.2) is 66.0 Å². The van der Waals surface area contributed by atoms with Crippen molar-refractivity contribution in [3.8, 4) is 5.69 Å². The van der Waals surface area contributed by atoms with Crippen molar-refractivity contribution in [1.82, 2.24) is 14.5 Å². The van der Waals surface area contributed by atoms with Gasteiger partial charge in [0.2, 0.25) is 0 Å². The third-order valence-electron chi connectivity index (χ3n) is 4.22. The van der Waals surface area contributed by atoms with Crippen molar-refractivity contribution in [3.63, 3.8) is 0 Å². The van der Waals surface area contributed by atoms with Gasteiger partial charge < -0.3 is 9.64 Å². The van der Waals surface area contributed by atoms with E-state index >= 15 is 0 Å². The molecular formula is C21H20FN3O3S. The zero-order valence-corrected chi connectivity index (χ0v) is 16.9. The molecular weight excluding hydrogens is 393 g/mol. The number of rotatable bonds is 7. The molecule has 6 nitrogen and oxygen atoms in total. The number of carbonyl (C=O) groups excluding carboxylic acids is 2. The minimum Gasteiger partial charge on any atom is -0.451 e. The Hall–Kier alpha value is -3.13. The summed E-state index contributed by atoms with van der Waals surface area (Å²) in [5.41, 5.74) is 1.72. The lowest BCUT2D eigenvalue weighted by atomic mass is 10.2. The molecule has 0 saturated carbocycles. The SMILES string of the molecule is CSc1ncc(C(=O)OCC(=O)N(C)Cc2ccccc2)n1-c1ccc(F)cc1. The summed E-state index contributed by atoms with van der Waals surface area (Å²) in [6.07, 6.45) is 3.20. The summed E-state index contributed by atoms with van der Waals surface area (Å²) in [5.74, 6) is -1.38. The number of hydrogen-bond donors (Lipinski definition) is 0. The molecule has 0 atom stereocenters. The maximum absolute atomic E-state index is 13.2. The molecule has 0 radical (unpaired) electrons. The van der Waals surface area contributed by atoms with Crippen LogP contribution in [-0.2, 0) is 16.1 Å². The highest BCUT2D eigenvalue weighted by Crippen LogP contribution is 2.22. The second-order valence-corrected chi connectivity index (χ2v) is 7.03. The summed E-state index contributed by atoms with van der Waals surface area (Å²) in [6, 6.07) is 15.2. The van der Waals surface area contributed by atoms with Gasteiger partial charge in [0.15, 0.2) is 17.5 Å². The molecule has 1 heterocycles. The molecule has 0 bridgehead atoms. The lowest BCUT2D eigenvalue weighted by molar-refractivity contribution is -0.133. The predicted octanol–water partition coefficient (Wildman–Crippen LogP) is 3.55. The third-order valence-corrected chi connectivity index (χ3v) is 4.87. The summed E-state index contributed by atoms with van der Waals surface area (Å²) in [4.78, 5) is 30.6. The van der Waals surface area contributed by atoms with Gasteiger partial charge in [-0.2, -0.15) is 0 Å². The molecule has 0 aliphatic rings. The van der Waals surface area contributed by atoms with Crippen molar-refractivity contribution in [1.29, 1.82) is 0 Å². The van der Waals surface area contributed by atoms with E-state index in [2.05, 4.69) is 4.98 Å². The zero-order chi connectivity index (χ0) is 20.8. The van der Waals surface area contributed by atoms with E-state index in [0.717, 1.165) is 5.56 Å². The van der Waals surface area contributed by atoms with E-state index in [-0.39, 0.29) is 24.0 Å². The van der Waals surface area contributed by atoms with Crippen molar-refractivity contribution in [2.24, 2.45) is 0 Å². The topological polar surface area (TPSA) is 64.4 Å². The van der Waals surface area contributed by atoms with E-state index in [0.29, 0.717) is 17.4 Å². The largest absolute Gasteiger partial charge is 0.451 e. The first-order chi connectivity index (χ1) is 14.0. The lowest BCUT2D eigenvalue weighted by Crippen LogP contribution is -2.31. The molecule has 1 aromatic heterocycles. The molecule has 0 aliphatic heterocycles. The standard InChI is InChI=1S/C21H20FN3O3S/c1-24(13-15-6-4-3-5-7-15)19(26)14-28-20(27)18-12-23-21(29-2)25(18)17-10-8-16(22)9-11-17/h3-12H,13-14H2,1-2H3. The van der Waals surface area contributed by atoms with E-state index in [4.69, 9.17) is 4.74 Å². The average Bonchev–Trinajstić information content (AvgIpc) is 3.17. The molecule has 1 amide bonds. The van der Waals surface area contributed by atoms with Gasteiger partial charge in [-0.1, -0.05) is 42.1 Å². The van der Waals surface area contributed by atoms with Gasteiger partial charge >= 0.3 is 5.97 Å².